The lowest BCUT2D eigenvalue weighted by Crippen LogP contribution is -2.12. The summed E-state index contributed by atoms with van der Waals surface area (Å²) in [6.07, 6.45) is 1.73. The Labute approximate surface area is 158 Å². The van der Waals surface area contributed by atoms with Crippen LogP contribution in [0.2, 0.25) is 0 Å². The third kappa shape index (κ3) is 3.23. The number of nitriles is 1. The molecule has 0 bridgehead atoms. The molecule has 0 radical (unpaired) electrons. The van der Waals surface area contributed by atoms with Crippen molar-refractivity contribution < 1.29 is 4.74 Å². The summed E-state index contributed by atoms with van der Waals surface area (Å²) < 4.78 is 5.46. The standard InChI is InChI=1S/C23H19N3O/c1-27-19-12-20-18(14-24)15-25-23(20)21(13-19)26-22(16-8-4-2-5-9-16)17-10-6-3-7-11-17/h2-13,15,22,25-26H,1H3. The maximum atomic E-state index is 9.39. The van der Waals surface area contributed by atoms with Crippen molar-refractivity contribution >= 4 is 16.6 Å². The van der Waals surface area contributed by atoms with Crippen LogP contribution in [-0.4, -0.2) is 12.1 Å². The van der Waals surface area contributed by atoms with Gasteiger partial charge in [-0.05, 0) is 17.2 Å². The van der Waals surface area contributed by atoms with E-state index >= 15 is 0 Å². The predicted octanol–water partition coefficient (Wildman–Crippen LogP) is 5.25. The smallest absolute Gasteiger partial charge is 0.121 e. The summed E-state index contributed by atoms with van der Waals surface area (Å²) in [4.78, 5) is 3.23. The van der Waals surface area contributed by atoms with Gasteiger partial charge in [0.25, 0.3) is 0 Å². The molecule has 1 heterocycles. The Morgan fingerprint density at radius 3 is 2.15 bits per heavy atom. The second-order valence-electron chi connectivity index (χ2n) is 6.31. The van der Waals surface area contributed by atoms with Crippen LogP contribution in [0.25, 0.3) is 10.9 Å². The minimum absolute atomic E-state index is 0.0310. The summed E-state index contributed by atoms with van der Waals surface area (Å²) in [7, 11) is 1.63. The van der Waals surface area contributed by atoms with Crippen molar-refractivity contribution in [3.8, 4) is 11.8 Å². The first kappa shape index (κ1) is 16.7. The zero-order chi connectivity index (χ0) is 18.6. The highest BCUT2D eigenvalue weighted by molar-refractivity contribution is 5.96. The van der Waals surface area contributed by atoms with Crippen LogP contribution in [0.5, 0.6) is 5.75 Å². The Hall–Kier alpha value is -3.71. The van der Waals surface area contributed by atoms with E-state index in [4.69, 9.17) is 4.74 Å². The van der Waals surface area contributed by atoms with E-state index in [-0.39, 0.29) is 6.04 Å². The Kier molecular flexibility index (Phi) is 4.51. The first-order chi connectivity index (χ1) is 13.3. The molecule has 0 spiro atoms. The predicted molar refractivity (Wildman–Crippen MR) is 108 cm³/mol. The van der Waals surface area contributed by atoms with Gasteiger partial charge in [-0.3, -0.25) is 0 Å². The van der Waals surface area contributed by atoms with Crippen molar-refractivity contribution in [3.63, 3.8) is 0 Å². The number of hydrogen-bond acceptors (Lipinski definition) is 3. The van der Waals surface area contributed by atoms with E-state index in [2.05, 4.69) is 40.6 Å². The van der Waals surface area contributed by atoms with E-state index in [0.29, 0.717) is 11.3 Å². The molecular formula is C23H19N3O. The molecule has 4 heteroatoms. The fourth-order valence-electron chi connectivity index (χ4n) is 3.34. The number of rotatable bonds is 5. The minimum atomic E-state index is -0.0310. The lowest BCUT2D eigenvalue weighted by Gasteiger charge is -2.22. The number of fused-ring (bicyclic) bond motifs is 1. The Bertz CT molecular complexity index is 1060. The zero-order valence-electron chi connectivity index (χ0n) is 14.9. The van der Waals surface area contributed by atoms with Crippen LogP contribution in [0.15, 0.2) is 79.0 Å². The third-order valence-corrected chi connectivity index (χ3v) is 4.68. The van der Waals surface area contributed by atoms with Crippen LogP contribution in [0.3, 0.4) is 0 Å². The van der Waals surface area contributed by atoms with E-state index in [1.165, 1.54) is 0 Å². The summed E-state index contributed by atoms with van der Waals surface area (Å²) in [5.41, 5.74) is 4.70. The van der Waals surface area contributed by atoms with Gasteiger partial charge in [0.15, 0.2) is 0 Å². The summed E-state index contributed by atoms with van der Waals surface area (Å²) in [5, 5.41) is 13.9. The van der Waals surface area contributed by atoms with Crippen molar-refractivity contribution in [2.45, 2.75) is 6.04 Å². The van der Waals surface area contributed by atoms with Gasteiger partial charge in [0.1, 0.15) is 11.8 Å². The molecule has 0 saturated heterocycles. The minimum Gasteiger partial charge on any atom is -0.497 e. The van der Waals surface area contributed by atoms with Crippen molar-refractivity contribution in [3.05, 3.63) is 95.7 Å². The average Bonchev–Trinajstić information content (AvgIpc) is 3.16. The maximum Gasteiger partial charge on any atom is 0.121 e. The second kappa shape index (κ2) is 7.27. The van der Waals surface area contributed by atoms with E-state index in [0.717, 1.165) is 27.7 Å². The number of aromatic amines is 1. The monoisotopic (exact) mass is 353 g/mol. The quantitative estimate of drug-likeness (QED) is 0.515. The first-order valence-electron chi connectivity index (χ1n) is 8.76. The molecule has 4 nitrogen and oxygen atoms in total. The number of nitrogens with one attached hydrogen (secondary N) is 2. The van der Waals surface area contributed by atoms with Gasteiger partial charge in [0, 0.05) is 17.6 Å². The molecule has 0 unspecified atom stereocenters. The summed E-state index contributed by atoms with van der Waals surface area (Å²) in [6, 6.07) is 26.7. The number of benzene rings is 3. The lowest BCUT2D eigenvalue weighted by molar-refractivity contribution is 0.415. The number of anilines is 1. The highest BCUT2D eigenvalue weighted by atomic mass is 16.5. The number of nitrogens with zero attached hydrogens (tertiary/aromatic N) is 1. The van der Waals surface area contributed by atoms with Gasteiger partial charge in [-0.2, -0.15) is 5.26 Å². The average molecular weight is 353 g/mol. The van der Waals surface area contributed by atoms with Crippen molar-refractivity contribution in [1.82, 2.24) is 4.98 Å². The Morgan fingerprint density at radius 1 is 0.963 bits per heavy atom. The van der Waals surface area contributed by atoms with Crippen LogP contribution < -0.4 is 10.1 Å². The lowest BCUT2D eigenvalue weighted by atomic mass is 9.98. The van der Waals surface area contributed by atoms with Gasteiger partial charge >= 0.3 is 0 Å². The number of aromatic nitrogens is 1. The largest absolute Gasteiger partial charge is 0.497 e. The van der Waals surface area contributed by atoms with Crippen molar-refractivity contribution in [2.75, 3.05) is 12.4 Å². The van der Waals surface area contributed by atoms with Gasteiger partial charge < -0.3 is 15.0 Å². The Morgan fingerprint density at radius 2 is 1.59 bits per heavy atom. The Balaban J connectivity index is 1.84. The molecule has 0 amide bonds. The SMILES string of the molecule is COc1cc(NC(c2ccccc2)c2ccccc2)c2[nH]cc(C#N)c2c1. The highest BCUT2D eigenvalue weighted by Crippen LogP contribution is 2.34. The molecule has 0 aliphatic heterocycles. The van der Waals surface area contributed by atoms with Gasteiger partial charge in [-0.1, -0.05) is 60.7 Å². The van der Waals surface area contributed by atoms with Crippen LogP contribution in [0.4, 0.5) is 5.69 Å². The van der Waals surface area contributed by atoms with Crippen molar-refractivity contribution in [1.29, 1.82) is 5.26 Å². The molecule has 2 N–H and O–H groups in total. The van der Waals surface area contributed by atoms with Crippen molar-refractivity contribution in [2.24, 2.45) is 0 Å². The van der Waals surface area contributed by atoms with Gasteiger partial charge in [0.2, 0.25) is 0 Å². The number of ether oxygens (including phenoxy) is 1. The van der Waals surface area contributed by atoms with Crippen LogP contribution >= 0.6 is 0 Å². The second-order valence-corrected chi connectivity index (χ2v) is 6.31. The first-order valence-corrected chi connectivity index (χ1v) is 8.76. The molecule has 0 aliphatic carbocycles. The topological polar surface area (TPSA) is 60.8 Å². The van der Waals surface area contributed by atoms with E-state index in [9.17, 15) is 5.26 Å². The van der Waals surface area contributed by atoms with Gasteiger partial charge in [-0.15, -0.1) is 0 Å². The molecule has 132 valence electrons. The molecule has 27 heavy (non-hydrogen) atoms. The van der Waals surface area contributed by atoms with Crippen LogP contribution in [0, 0.1) is 11.3 Å². The fraction of sp³-hybridized carbons (Fsp3) is 0.0870. The van der Waals surface area contributed by atoms with E-state index in [1.807, 2.05) is 48.5 Å². The molecule has 1 aromatic heterocycles. The van der Waals surface area contributed by atoms with E-state index in [1.54, 1.807) is 13.3 Å². The molecule has 0 saturated carbocycles. The molecule has 4 aromatic rings. The van der Waals surface area contributed by atoms with Crippen LogP contribution in [-0.2, 0) is 0 Å². The third-order valence-electron chi connectivity index (χ3n) is 4.68. The maximum absolute atomic E-state index is 9.39. The summed E-state index contributed by atoms with van der Waals surface area (Å²) in [5.74, 6) is 0.709. The normalized spacial score (nSPS) is 10.7. The van der Waals surface area contributed by atoms with Gasteiger partial charge in [-0.25, -0.2) is 0 Å². The number of H-pyrrole nitrogens is 1. The van der Waals surface area contributed by atoms with E-state index < -0.39 is 0 Å². The van der Waals surface area contributed by atoms with Crippen LogP contribution in [0.1, 0.15) is 22.7 Å². The van der Waals surface area contributed by atoms with Gasteiger partial charge in [0.05, 0.1) is 29.9 Å². The molecule has 0 atom stereocenters. The molecule has 3 aromatic carbocycles. The molecule has 0 fully saturated rings. The number of hydrogen-bond donors (Lipinski definition) is 2. The zero-order valence-corrected chi connectivity index (χ0v) is 14.9. The summed E-state index contributed by atoms with van der Waals surface area (Å²) >= 11 is 0. The fourth-order valence-corrected chi connectivity index (χ4v) is 3.34. The summed E-state index contributed by atoms with van der Waals surface area (Å²) in [6.45, 7) is 0. The number of methoxy groups -OCH3 is 1. The highest BCUT2D eigenvalue weighted by Gasteiger charge is 2.17. The molecule has 4 rings (SSSR count). The molecular weight excluding hydrogens is 334 g/mol. The molecule has 0 aliphatic rings.